The molecule has 4 nitrogen and oxygen atoms in total. The summed E-state index contributed by atoms with van der Waals surface area (Å²) >= 11 is 5.36. The number of anilines is 1. The minimum atomic E-state index is 0.360. The van der Waals surface area contributed by atoms with Crippen LogP contribution < -0.4 is 20.1 Å². The Labute approximate surface area is 139 Å². The van der Waals surface area contributed by atoms with Crippen LogP contribution in [0.15, 0.2) is 18.2 Å². The summed E-state index contributed by atoms with van der Waals surface area (Å²) in [6, 6.07) is 6.00. The van der Waals surface area contributed by atoms with Crippen molar-refractivity contribution in [3.63, 3.8) is 0 Å². The first-order valence-corrected chi connectivity index (χ1v) is 8.16. The van der Waals surface area contributed by atoms with Crippen molar-refractivity contribution in [1.82, 2.24) is 5.32 Å². The van der Waals surface area contributed by atoms with Gasteiger partial charge in [-0.1, -0.05) is 26.7 Å². The van der Waals surface area contributed by atoms with Crippen molar-refractivity contribution in [2.24, 2.45) is 5.92 Å². The number of hydrogen-bond acceptors (Lipinski definition) is 3. The van der Waals surface area contributed by atoms with Crippen LogP contribution in [0.25, 0.3) is 0 Å². The lowest BCUT2D eigenvalue weighted by Gasteiger charge is -2.18. The fraction of sp³-hybridized carbons (Fsp3) is 0.588. The maximum atomic E-state index is 5.36. The SMILES string of the molecule is COc1ccc(NC(=S)NC(C)CCCC(C)C)cc1OC. The van der Waals surface area contributed by atoms with Crippen LogP contribution in [0.3, 0.4) is 0 Å². The molecular formula is C17H28N2O2S. The first-order chi connectivity index (χ1) is 10.5. The average Bonchev–Trinajstić information content (AvgIpc) is 2.46. The molecule has 2 N–H and O–H groups in total. The fourth-order valence-electron chi connectivity index (χ4n) is 2.21. The second kappa shape index (κ2) is 9.51. The highest BCUT2D eigenvalue weighted by atomic mass is 32.1. The van der Waals surface area contributed by atoms with E-state index in [1.807, 2.05) is 18.2 Å². The average molecular weight is 324 g/mol. The van der Waals surface area contributed by atoms with Gasteiger partial charge < -0.3 is 20.1 Å². The van der Waals surface area contributed by atoms with E-state index in [4.69, 9.17) is 21.7 Å². The molecule has 0 aliphatic carbocycles. The van der Waals surface area contributed by atoms with Crippen LogP contribution in [0.5, 0.6) is 11.5 Å². The number of methoxy groups -OCH3 is 2. The molecule has 1 atom stereocenters. The van der Waals surface area contributed by atoms with Crippen molar-refractivity contribution < 1.29 is 9.47 Å². The van der Waals surface area contributed by atoms with E-state index in [1.54, 1.807) is 14.2 Å². The lowest BCUT2D eigenvalue weighted by Crippen LogP contribution is -2.35. The summed E-state index contributed by atoms with van der Waals surface area (Å²) < 4.78 is 10.5. The molecule has 0 aromatic heterocycles. The molecule has 22 heavy (non-hydrogen) atoms. The van der Waals surface area contributed by atoms with Gasteiger partial charge in [-0.15, -0.1) is 0 Å². The Morgan fingerprint density at radius 3 is 2.36 bits per heavy atom. The second-order valence-electron chi connectivity index (χ2n) is 5.89. The Balaban J connectivity index is 2.47. The summed E-state index contributed by atoms with van der Waals surface area (Å²) in [5.74, 6) is 2.14. The van der Waals surface area contributed by atoms with E-state index in [0.717, 1.165) is 18.0 Å². The third-order valence-electron chi connectivity index (χ3n) is 3.44. The van der Waals surface area contributed by atoms with E-state index in [-0.39, 0.29) is 0 Å². The molecule has 1 aromatic rings. The van der Waals surface area contributed by atoms with E-state index in [0.29, 0.717) is 22.7 Å². The fourth-order valence-corrected chi connectivity index (χ4v) is 2.53. The maximum absolute atomic E-state index is 5.36. The summed E-state index contributed by atoms with van der Waals surface area (Å²) in [5.41, 5.74) is 0.879. The summed E-state index contributed by atoms with van der Waals surface area (Å²) in [5, 5.41) is 7.13. The number of benzene rings is 1. The van der Waals surface area contributed by atoms with Gasteiger partial charge in [0.2, 0.25) is 0 Å². The van der Waals surface area contributed by atoms with Gasteiger partial charge in [-0.2, -0.15) is 0 Å². The van der Waals surface area contributed by atoms with E-state index in [9.17, 15) is 0 Å². The second-order valence-corrected chi connectivity index (χ2v) is 6.30. The van der Waals surface area contributed by atoms with Crippen molar-refractivity contribution >= 4 is 23.0 Å². The smallest absolute Gasteiger partial charge is 0.170 e. The first-order valence-electron chi connectivity index (χ1n) is 7.75. The normalized spacial score (nSPS) is 11.9. The maximum Gasteiger partial charge on any atom is 0.170 e. The van der Waals surface area contributed by atoms with Crippen LogP contribution >= 0.6 is 12.2 Å². The largest absolute Gasteiger partial charge is 0.493 e. The molecule has 1 aromatic carbocycles. The van der Waals surface area contributed by atoms with Crippen molar-refractivity contribution in [2.45, 2.75) is 46.1 Å². The van der Waals surface area contributed by atoms with Gasteiger partial charge in [0.1, 0.15) is 0 Å². The molecule has 0 aliphatic heterocycles. The van der Waals surface area contributed by atoms with E-state index in [1.165, 1.54) is 12.8 Å². The molecule has 1 rings (SSSR count). The first kappa shape index (κ1) is 18.6. The molecule has 0 spiro atoms. The van der Waals surface area contributed by atoms with Crippen molar-refractivity contribution in [1.29, 1.82) is 0 Å². The van der Waals surface area contributed by atoms with Gasteiger partial charge in [-0.05, 0) is 43.6 Å². The lowest BCUT2D eigenvalue weighted by atomic mass is 10.0. The van der Waals surface area contributed by atoms with E-state index >= 15 is 0 Å². The van der Waals surface area contributed by atoms with Gasteiger partial charge in [0.25, 0.3) is 0 Å². The van der Waals surface area contributed by atoms with Crippen LogP contribution in [0.1, 0.15) is 40.0 Å². The molecule has 0 heterocycles. The molecule has 0 amide bonds. The Morgan fingerprint density at radius 1 is 1.09 bits per heavy atom. The van der Waals surface area contributed by atoms with Crippen LogP contribution in [0.2, 0.25) is 0 Å². The Morgan fingerprint density at radius 2 is 1.77 bits per heavy atom. The summed E-state index contributed by atoms with van der Waals surface area (Å²) in [6.07, 6.45) is 3.58. The van der Waals surface area contributed by atoms with Crippen molar-refractivity contribution in [3.05, 3.63) is 18.2 Å². The number of thiocarbonyl (C=S) groups is 1. The van der Waals surface area contributed by atoms with Gasteiger partial charge in [0.15, 0.2) is 16.6 Å². The molecule has 124 valence electrons. The number of nitrogens with one attached hydrogen (secondary N) is 2. The third kappa shape index (κ3) is 6.52. The molecule has 0 bridgehead atoms. The topological polar surface area (TPSA) is 42.5 Å². The summed E-state index contributed by atoms with van der Waals surface area (Å²) in [6.45, 7) is 6.66. The van der Waals surface area contributed by atoms with Gasteiger partial charge in [-0.25, -0.2) is 0 Å². The Bertz CT molecular complexity index is 478. The quantitative estimate of drug-likeness (QED) is 0.701. The predicted octanol–water partition coefficient (Wildman–Crippen LogP) is 4.21. The van der Waals surface area contributed by atoms with E-state index in [2.05, 4.69) is 31.4 Å². The minimum Gasteiger partial charge on any atom is -0.493 e. The minimum absolute atomic E-state index is 0.360. The zero-order valence-electron chi connectivity index (χ0n) is 14.2. The van der Waals surface area contributed by atoms with Crippen molar-refractivity contribution in [3.8, 4) is 11.5 Å². The van der Waals surface area contributed by atoms with Gasteiger partial charge in [0.05, 0.1) is 14.2 Å². The van der Waals surface area contributed by atoms with Crippen LogP contribution in [0, 0.1) is 5.92 Å². The highest BCUT2D eigenvalue weighted by Gasteiger charge is 2.08. The number of rotatable bonds is 8. The van der Waals surface area contributed by atoms with E-state index < -0.39 is 0 Å². The molecule has 0 aliphatic rings. The standard InChI is InChI=1S/C17H28N2O2S/c1-12(2)7-6-8-13(3)18-17(22)19-14-9-10-15(20-4)16(11-14)21-5/h9-13H,6-8H2,1-5H3,(H2,18,19,22). The zero-order chi connectivity index (χ0) is 16.5. The van der Waals surface area contributed by atoms with Crippen molar-refractivity contribution in [2.75, 3.05) is 19.5 Å². The van der Waals surface area contributed by atoms with Crippen LogP contribution in [-0.2, 0) is 0 Å². The highest BCUT2D eigenvalue weighted by Crippen LogP contribution is 2.29. The predicted molar refractivity (Wildman–Crippen MR) is 97.1 cm³/mol. The van der Waals surface area contributed by atoms with Gasteiger partial charge >= 0.3 is 0 Å². The van der Waals surface area contributed by atoms with Crippen LogP contribution in [0.4, 0.5) is 5.69 Å². The third-order valence-corrected chi connectivity index (χ3v) is 3.66. The van der Waals surface area contributed by atoms with Gasteiger partial charge in [0, 0.05) is 17.8 Å². The van der Waals surface area contributed by atoms with Crippen LogP contribution in [-0.4, -0.2) is 25.4 Å². The molecular weight excluding hydrogens is 296 g/mol. The number of hydrogen-bond donors (Lipinski definition) is 2. The number of ether oxygens (including phenoxy) is 2. The summed E-state index contributed by atoms with van der Waals surface area (Å²) in [4.78, 5) is 0. The summed E-state index contributed by atoms with van der Waals surface area (Å²) in [7, 11) is 3.24. The highest BCUT2D eigenvalue weighted by molar-refractivity contribution is 7.80. The Hall–Kier alpha value is -1.49. The molecule has 0 radical (unpaired) electrons. The monoisotopic (exact) mass is 324 g/mol. The molecule has 1 unspecified atom stereocenters. The molecule has 0 saturated carbocycles. The van der Waals surface area contributed by atoms with Gasteiger partial charge in [-0.3, -0.25) is 0 Å². The molecule has 5 heteroatoms. The Kier molecular flexibility index (Phi) is 8.02. The zero-order valence-corrected chi connectivity index (χ0v) is 15.0. The lowest BCUT2D eigenvalue weighted by molar-refractivity contribution is 0.355. The molecule has 0 fully saturated rings. The molecule has 0 saturated heterocycles.